The van der Waals surface area contributed by atoms with Gasteiger partial charge in [-0.2, -0.15) is 0 Å². The van der Waals surface area contributed by atoms with Crippen LogP contribution in [0, 0.1) is 5.41 Å². The second-order valence-electron chi connectivity index (χ2n) is 11.1. The van der Waals surface area contributed by atoms with Crippen molar-refractivity contribution < 1.29 is 24.0 Å². The molecule has 4 rings (SSSR count). The van der Waals surface area contributed by atoms with Crippen LogP contribution in [0.4, 0.5) is 22.7 Å². The van der Waals surface area contributed by atoms with Gasteiger partial charge in [-0.05, 0) is 40.2 Å². The first kappa shape index (κ1) is 36.0. The highest BCUT2D eigenvalue weighted by atomic mass is 79.9. The maximum atomic E-state index is 13.2. The fourth-order valence-electron chi connectivity index (χ4n) is 4.80. The van der Waals surface area contributed by atoms with Crippen molar-refractivity contribution >= 4 is 74.1 Å². The number of hydrogen-bond acceptors (Lipinski definition) is 7. The quantitative estimate of drug-likeness (QED) is 0.0415. The molecule has 18 heteroatoms. The molecule has 0 aromatic carbocycles. The number of aryl methyl sites for hydroxylation is 4. The van der Waals surface area contributed by atoms with E-state index in [2.05, 4.69) is 54.4 Å². The molecule has 0 radical (unpaired) electrons. The predicted octanol–water partition coefficient (Wildman–Crippen LogP) is 1.90. The second kappa shape index (κ2) is 15.3. The van der Waals surface area contributed by atoms with Gasteiger partial charge < -0.3 is 55.9 Å². The first-order chi connectivity index (χ1) is 23.1. The van der Waals surface area contributed by atoms with Gasteiger partial charge in [0, 0.05) is 66.1 Å². The maximum absolute atomic E-state index is 13.2. The zero-order chi connectivity index (χ0) is 36.0. The highest BCUT2D eigenvalue weighted by molar-refractivity contribution is 9.12. The fraction of sp³-hybridized carbons (Fsp3) is 0.226. The van der Waals surface area contributed by atoms with E-state index in [0.717, 1.165) is 0 Å². The molecular weight excluding hydrogens is 700 g/mol. The molecule has 258 valence electrons. The van der Waals surface area contributed by atoms with Crippen molar-refractivity contribution in [3.05, 3.63) is 82.9 Å². The Bertz CT molecular complexity index is 1960. The van der Waals surface area contributed by atoms with Crippen LogP contribution in [0.5, 0.6) is 0 Å². The summed E-state index contributed by atoms with van der Waals surface area (Å²) >= 11 is 3.01. The smallest absolute Gasteiger partial charge is 0.272 e. The normalized spacial score (nSPS) is 10.7. The number of nitrogens with zero attached hydrogens (tertiary/aromatic N) is 4. The van der Waals surface area contributed by atoms with Crippen LogP contribution >= 0.6 is 15.9 Å². The van der Waals surface area contributed by atoms with E-state index in [0.29, 0.717) is 41.5 Å². The Morgan fingerprint density at radius 2 is 1.00 bits per heavy atom. The first-order valence-corrected chi connectivity index (χ1v) is 15.5. The minimum atomic E-state index is -0.477. The molecule has 9 N–H and O–H groups in total. The van der Waals surface area contributed by atoms with Crippen LogP contribution in [0.15, 0.2) is 60.1 Å². The molecule has 0 atom stereocenters. The van der Waals surface area contributed by atoms with E-state index in [1.807, 2.05) is 0 Å². The van der Waals surface area contributed by atoms with E-state index in [1.165, 1.54) is 18.2 Å². The van der Waals surface area contributed by atoms with E-state index in [1.54, 1.807) is 77.3 Å². The highest BCUT2D eigenvalue weighted by Crippen LogP contribution is 2.21. The number of aromatic nitrogens is 4. The van der Waals surface area contributed by atoms with Gasteiger partial charge in [0.05, 0.1) is 33.8 Å². The second-order valence-corrected chi connectivity index (χ2v) is 12.0. The number of amidine groups is 1. The highest BCUT2D eigenvalue weighted by Gasteiger charge is 2.20. The topological polar surface area (TPSA) is 227 Å². The molecule has 49 heavy (non-hydrogen) atoms. The summed E-state index contributed by atoms with van der Waals surface area (Å²) in [6.45, 7) is 4.50. The molecule has 0 bridgehead atoms. The summed E-state index contributed by atoms with van der Waals surface area (Å²) in [4.78, 5) is 63.7. The molecule has 17 nitrogen and oxygen atoms in total. The van der Waals surface area contributed by atoms with Gasteiger partial charge in [-0.25, -0.2) is 0 Å². The average molecular weight is 738 g/mol. The van der Waals surface area contributed by atoms with Crippen molar-refractivity contribution in [3.63, 3.8) is 0 Å². The Balaban J connectivity index is 1.35. The van der Waals surface area contributed by atoms with Gasteiger partial charge in [0.2, 0.25) is 0 Å². The largest absolute Gasteiger partial charge is 0.387 e. The van der Waals surface area contributed by atoms with E-state index in [4.69, 9.17) is 11.1 Å². The van der Waals surface area contributed by atoms with Crippen LogP contribution in [-0.4, -0.2) is 73.3 Å². The number of rotatable bonds is 14. The summed E-state index contributed by atoms with van der Waals surface area (Å²) in [6, 6.07) is 6.08. The third kappa shape index (κ3) is 9.14. The predicted molar refractivity (Wildman–Crippen MR) is 189 cm³/mol. The molecule has 0 aliphatic carbocycles. The summed E-state index contributed by atoms with van der Waals surface area (Å²) in [5.41, 5.74) is 7.92. The maximum Gasteiger partial charge on any atom is 0.272 e. The summed E-state index contributed by atoms with van der Waals surface area (Å²) in [7, 11) is 6.64. The van der Waals surface area contributed by atoms with Crippen molar-refractivity contribution in [1.82, 2.24) is 28.9 Å². The lowest BCUT2D eigenvalue weighted by atomic mass is 10.3. The standard InChI is InChI=1S/C31H37BrN12O5/c1-17(32)27(45)37-18-9-23(42(3)13-18)29(47)39-20-11-25(44(5)15-20)31(49)40-21-10-24(43(4)16-21)30(48)38-19-8-22(41(2)14-19)28(46)36-7-6-35-12-26(33)34/h8-11,13-16,35H,1,6-7,12H2,2-5H3,(H3,33,34)(H,36,46)(H,37,45)(H,38,48)(H,39,47)(H,40,49). The number of carbonyl (C=O) groups is 5. The Labute approximate surface area is 289 Å². The van der Waals surface area contributed by atoms with Gasteiger partial charge in [-0.15, -0.1) is 0 Å². The molecular formula is C31H37BrN12O5. The summed E-state index contributed by atoms with van der Waals surface area (Å²) in [6.07, 6.45) is 6.35. The first-order valence-electron chi connectivity index (χ1n) is 14.7. The SMILES string of the molecule is C=C(Br)C(=O)Nc1cc(C(=O)Nc2cc(C(=O)Nc3cc(C(=O)Nc4cc(C(=O)NCCNCC(=N)N)n(C)c4)n(C)c3)n(C)c2)n(C)c1. The molecule has 0 aliphatic heterocycles. The lowest BCUT2D eigenvalue weighted by Crippen LogP contribution is -2.36. The summed E-state index contributed by atoms with van der Waals surface area (Å²) in [5, 5.41) is 23.8. The van der Waals surface area contributed by atoms with Crippen LogP contribution < -0.4 is 37.6 Å². The van der Waals surface area contributed by atoms with Crippen LogP contribution in [0.1, 0.15) is 42.0 Å². The Morgan fingerprint density at radius 3 is 1.35 bits per heavy atom. The number of halogens is 1. The van der Waals surface area contributed by atoms with E-state index in [-0.39, 0.29) is 39.9 Å². The Morgan fingerprint density at radius 1 is 0.653 bits per heavy atom. The zero-order valence-corrected chi connectivity index (χ0v) is 28.8. The van der Waals surface area contributed by atoms with Gasteiger partial charge in [-0.1, -0.05) is 6.58 Å². The van der Waals surface area contributed by atoms with Gasteiger partial charge >= 0.3 is 0 Å². The molecule has 5 amide bonds. The zero-order valence-electron chi connectivity index (χ0n) is 27.2. The summed E-state index contributed by atoms with van der Waals surface area (Å²) in [5.74, 6) is -2.17. The number of amides is 5. The molecule has 0 fully saturated rings. The van der Waals surface area contributed by atoms with Gasteiger partial charge in [0.1, 0.15) is 28.6 Å². The van der Waals surface area contributed by atoms with Crippen molar-refractivity contribution in [2.75, 3.05) is 40.9 Å². The molecule has 0 unspecified atom stereocenters. The van der Waals surface area contributed by atoms with E-state index >= 15 is 0 Å². The molecule has 4 aromatic rings. The van der Waals surface area contributed by atoms with Gasteiger partial charge in [-0.3, -0.25) is 29.4 Å². The lowest BCUT2D eigenvalue weighted by molar-refractivity contribution is -0.112. The van der Waals surface area contributed by atoms with Gasteiger partial charge in [0.25, 0.3) is 29.5 Å². The van der Waals surface area contributed by atoms with Crippen LogP contribution in [0.3, 0.4) is 0 Å². The molecule has 4 aromatic heterocycles. The third-order valence-electron chi connectivity index (χ3n) is 7.13. The molecule has 0 saturated carbocycles. The van der Waals surface area contributed by atoms with Crippen LogP contribution in [0.2, 0.25) is 0 Å². The number of hydrogen-bond donors (Lipinski definition) is 8. The van der Waals surface area contributed by atoms with E-state index in [9.17, 15) is 24.0 Å². The third-order valence-corrected chi connectivity index (χ3v) is 7.49. The molecule has 0 saturated heterocycles. The van der Waals surface area contributed by atoms with Crippen molar-refractivity contribution in [1.29, 1.82) is 5.41 Å². The fourth-order valence-corrected chi connectivity index (χ4v) is 4.90. The van der Waals surface area contributed by atoms with Crippen molar-refractivity contribution in [3.8, 4) is 0 Å². The Hall–Kier alpha value is -5.88. The van der Waals surface area contributed by atoms with Gasteiger partial charge in [0.15, 0.2) is 0 Å². The number of nitrogens with two attached hydrogens (primary N) is 1. The minimum absolute atomic E-state index is 0.00164. The molecule has 0 spiro atoms. The van der Waals surface area contributed by atoms with E-state index < -0.39 is 23.6 Å². The lowest BCUT2D eigenvalue weighted by Gasteiger charge is -2.06. The molecule has 4 heterocycles. The van der Waals surface area contributed by atoms with Crippen LogP contribution in [-0.2, 0) is 33.0 Å². The molecule has 0 aliphatic rings. The monoisotopic (exact) mass is 736 g/mol. The average Bonchev–Trinajstić information content (AvgIpc) is 3.77. The van der Waals surface area contributed by atoms with Crippen molar-refractivity contribution in [2.24, 2.45) is 33.9 Å². The number of anilines is 4. The number of nitrogens with one attached hydrogen (secondary N) is 7. The summed E-state index contributed by atoms with van der Waals surface area (Å²) < 4.78 is 6.38. The Kier molecular flexibility index (Phi) is 11.3. The number of carbonyl (C=O) groups excluding carboxylic acids is 5. The van der Waals surface area contributed by atoms with Crippen molar-refractivity contribution in [2.45, 2.75) is 0 Å². The minimum Gasteiger partial charge on any atom is -0.387 e. The van der Waals surface area contributed by atoms with Crippen LogP contribution in [0.25, 0.3) is 0 Å².